The van der Waals surface area contributed by atoms with E-state index in [0.29, 0.717) is 15.7 Å². The molecule has 0 radical (unpaired) electrons. The normalized spacial score (nSPS) is 16.5. The number of imidazole rings is 1. The average molecular weight is 553 g/mol. The van der Waals surface area contributed by atoms with E-state index < -0.39 is 67.0 Å². The molecule has 1 N–H and O–H groups in total. The summed E-state index contributed by atoms with van der Waals surface area (Å²) < 4.78 is 82.7. The number of benzene rings is 2. The number of nitrogens with one attached hydrogen (secondary N) is 1. The van der Waals surface area contributed by atoms with Crippen LogP contribution in [0.25, 0.3) is 0 Å². The first-order valence-corrected chi connectivity index (χ1v) is 12.3. The van der Waals surface area contributed by atoms with Crippen molar-refractivity contribution in [3.05, 3.63) is 83.7 Å². The summed E-state index contributed by atoms with van der Waals surface area (Å²) in [5.41, 5.74) is 0.864. The van der Waals surface area contributed by atoms with Gasteiger partial charge in [0.1, 0.15) is 18.4 Å². The summed E-state index contributed by atoms with van der Waals surface area (Å²) >= 11 is 0. The molecule has 0 aliphatic heterocycles. The molecule has 0 saturated heterocycles. The van der Waals surface area contributed by atoms with Crippen molar-refractivity contribution in [2.75, 3.05) is 4.90 Å². The first-order chi connectivity index (χ1) is 18.4. The third-order valence-corrected chi connectivity index (χ3v) is 6.68. The van der Waals surface area contributed by atoms with E-state index in [9.17, 15) is 35.9 Å². The number of amides is 2. The summed E-state index contributed by atoms with van der Waals surface area (Å²) in [6, 6.07) is 9.33. The molecule has 208 valence electrons. The molecule has 1 heterocycles. The third kappa shape index (κ3) is 6.61. The van der Waals surface area contributed by atoms with Crippen molar-refractivity contribution in [1.82, 2.24) is 14.9 Å². The minimum Gasteiger partial charge on any atom is -0.351 e. The Balaban J connectivity index is 1.76. The number of carbonyl (C=O) groups is 2. The third-order valence-electron chi connectivity index (χ3n) is 6.68. The van der Waals surface area contributed by atoms with Crippen LogP contribution in [0.3, 0.4) is 0 Å². The molecule has 3 aromatic rings. The highest BCUT2D eigenvalue weighted by molar-refractivity contribution is 6.01. The van der Waals surface area contributed by atoms with E-state index >= 15 is 0 Å². The fourth-order valence-electron chi connectivity index (χ4n) is 4.73. The number of aromatic nitrogens is 2. The fourth-order valence-corrected chi connectivity index (χ4v) is 4.73. The van der Waals surface area contributed by atoms with Gasteiger partial charge in [-0.2, -0.15) is 13.2 Å². The summed E-state index contributed by atoms with van der Waals surface area (Å²) in [5, 5.41) is 2.74. The first kappa shape index (κ1) is 28.2. The van der Waals surface area contributed by atoms with E-state index in [2.05, 4.69) is 10.3 Å². The summed E-state index contributed by atoms with van der Waals surface area (Å²) in [4.78, 5) is 31.7. The first-order valence-electron chi connectivity index (χ1n) is 12.3. The Labute approximate surface area is 220 Å². The maximum absolute atomic E-state index is 14.3. The van der Waals surface area contributed by atoms with Crippen molar-refractivity contribution in [2.45, 2.75) is 63.3 Å². The van der Waals surface area contributed by atoms with Crippen LogP contribution in [-0.4, -0.2) is 33.3 Å². The molecule has 0 bridgehead atoms. The van der Waals surface area contributed by atoms with Crippen molar-refractivity contribution in [3.8, 4) is 0 Å². The largest absolute Gasteiger partial charge is 0.449 e. The molecule has 1 saturated carbocycles. The molecule has 1 aromatic heterocycles. The molecule has 1 aliphatic carbocycles. The van der Waals surface area contributed by atoms with E-state index in [1.54, 1.807) is 31.2 Å². The smallest absolute Gasteiger partial charge is 0.351 e. The number of anilines is 1. The topological polar surface area (TPSA) is 67.2 Å². The van der Waals surface area contributed by atoms with Crippen LogP contribution < -0.4 is 10.2 Å². The zero-order chi connectivity index (χ0) is 28.4. The number of alkyl halides is 5. The number of rotatable bonds is 7. The van der Waals surface area contributed by atoms with Gasteiger partial charge < -0.3 is 9.88 Å². The molecule has 2 aromatic carbocycles. The van der Waals surface area contributed by atoms with Gasteiger partial charge in [0, 0.05) is 37.0 Å². The van der Waals surface area contributed by atoms with E-state index in [4.69, 9.17) is 0 Å². The number of aryl methyl sites for hydroxylation is 1. The molecule has 12 heteroatoms. The lowest BCUT2D eigenvalue weighted by atomic mass is 9.91. The highest BCUT2D eigenvalue weighted by Gasteiger charge is 2.40. The Morgan fingerprint density at radius 2 is 1.82 bits per heavy atom. The van der Waals surface area contributed by atoms with Gasteiger partial charge in [0.15, 0.2) is 0 Å². The maximum atomic E-state index is 14.3. The van der Waals surface area contributed by atoms with Gasteiger partial charge in [-0.1, -0.05) is 30.3 Å². The molecule has 1 aliphatic rings. The minimum atomic E-state index is -4.84. The Kier molecular flexibility index (Phi) is 8.03. The number of hydrogen-bond donors (Lipinski definition) is 1. The highest BCUT2D eigenvalue weighted by atomic mass is 19.4. The molecule has 2 amide bonds. The van der Waals surface area contributed by atoms with Gasteiger partial charge in [0.05, 0.1) is 0 Å². The van der Waals surface area contributed by atoms with Crippen molar-refractivity contribution < 1.29 is 35.9 Å². The van der Waals surface area contributed by atoms with Crippen molar-refractivity contribution in [3.63, 3.8) is 0 Å². The molecule has 1 unspecified atom stereocenters. The van der Waals surface area contributed by atoms with Crippen LogP contribution in [0.4, 0.5) is 32.0 Å². The zero-order valence-corrected chi connectivity index (χ0v) is 20.9. The number of halogens is 6. The highest BCUT2D eigenvalue weighted by Crippen LogP contribution is 2.35. The standard InChI is InChI=1S/C27H26F6N4O2/c1-17-5-2-3-8-21(17)23(24(39)35-19-9-11-26(29,30)12-10-19)37(20-7-4-6-18(28)15-20)22(38)16-36-14-13-34-25(36)27(31,32)33/h2-8,13-15,19,23H,9-12,16H2,1H3,(H,35,39). The molecule has 1 atom stereocenters. The fraction of sp³-hybridized carbons (Fsp3) is 0.370. The van der Waals surface area contributed by atoms with E-state index in [0.717, 1.165) is 29.4 Å². The van der Waals surface area contributed by atoms with Crippen LogP contribution in [0.2, 0.25) is 0 Å². The van der Waals surface area contributed by atoms with Gasteiger partial charge in [0.2, 0.25) is 23.6 Å². The Hall–Kier alpha value is -3.83. The van der Waals surface area contributed by atoms with Crippen LogP contribution in [-0.2, 0) is 22.3 Å². The van der Waals surface area contributed by atoms with Crippen molar-refractivity contribution >= 4 is 17.5 Å². The molecule has 6 nitrogen and oxygen atoms in total. The summed E-state index contributed by atoms with van der Waals surface area (Å²) in [6.07, 6.45) is -3.78. The van der Waals surface area contributed by atoms with Crippen LogP contribution in [0, 0.1) is 12.7 Å². The Morgan fingerprint density at radius 3 is 2.46 bits per heavy atom. The number of carbonyl (C=O) groups excluding carboxylic acids is 2. The predicted octanol–water partition coefficient (Wildman–Crippen LogP) is 5.82. The van der Waals surface area contributed by atoms with Crippen LogP contribution in [0.15, 0.2) is 60.9 Å². The maximum Gasteiger partial charge on any atom is 0.449 e. The van der Waals surface area contributed by atoms with Crippen molar-refractivity contribution in [2.24, 2.45) is 0 Å². The van der Waals surface area contributed by atoms with Gasteiger partial charge in [0.25, 0.3) is 0 Å². The Morgan fingerprint density at radius 1 is 1.13 bits per heavy atom. The Bertz CT molecular complexity index is 1330. The van der Waals surface area contributed by atoms with Gasteiger partial charge in [-0.15, -0.1) is 0 Å². The van der Waals surface area contributed by atoms with E-state index in [1.165, 1.54) is 12.1 Å². The van der Waals surface area contributed by atoms with E-state index in [1.807, 2.05) is 0 Å². The van der Waals surface area contributed by atoms with E-state index in [-0.39, 0.29) is 18.5 Å². The second-order valence-corrected chi connectivity index (χ2v) is 9.52. The molecule has 1 fully saturated rings. The second-order valence-electron chi connectivity index (χ2n) is 9.52. The van der Waals surface area contributed by atoms with Crippen molar-refractivity contribution in [1.29, 1.82) is 0 Å². The van der Waals surface area contributed by atoms with Gasteiger partial charge in [-0.05, 0) is 49.1 Å². The number of nitrogens with zero attached hydrogens (tertiary/aromatic N) is 3. The summed E-state index contributed by atoms with van der Waals surface area (Å²) in [6.45, 7) is 0.833. The summed E-state index contributed by atoms with van der Waals surface area (Å²) in [5.74, 6) is -6.54. The van der Waals surface area contributed by atoms with Gasteiger partial charge in [-0.25, -0.2) is 18.2 Å². The quantitative estimate of drug-likeness (QED) is 0.376. The van der Waals surface area contributed by atoms with Crippen LogP contribution >= 0.6 is 0 Å². The lowest BCUT2D eigenvalue weighted by Crippen LogP contribution is -2.49. The average Bonchev–Trinajstić information content (AvgIpc) is 3.33. The lowest BCUT2D eigenvalue weighted by molar-refractivity contribution is -0.147. The monoisotopic (exact) mass is 552 g/mol. The van der Waals surface area contributed by atoms with Crippen LogP contribution in [0.5, 0.6) is 0 Å². The molecular formula is C27H26F6N4O2. The predicted molar refractivity (Wildman–Crippen MR) is 130 cm³/mol. The molecular weight excluding hydrogens is 526 g/mol. The summed E-state index contributed by atoms with van der Waals surface area (Å²) in [7, 11) is 0. The minimum absolute atomic E-state index is 0.0110. The van der Waals surface area contributed by atoms with Crippen LogP contribution in [0.1, 0.15) is 48.7 Å². The number of hydrogen-bond acceptors (Lipinski definition) is 3. The van der Waals surface area contributed by atoms with Gasteiger partial charge >= 0.3 is 6.18 Å². The van der Waals surface area contributed by atoms with Gasteiger partial charge in [-0.3, -0.25) is 14.5 Å². The zero-order valence-electron chi connectivity index (χ0n) is 20.9. The SMILES string of the molecule is Cc1ccccc1C(C(=O)NC1CCC(F)(F)CC1)N(C(=O)Cn1ccnc1C(F)(F)F)c1cccc(F)c1. The molecule has 39 heavy (non-hydrogen) atoms. The molecule has 4 rings (SSSR count). The molecule has 0 spiro atoms. The second kappa shape index (κ2) is 11.1. The lowest BCUT2D eigenvalue weighted by Gasteiger charge is -2.35.